The van der Waals surface area contributed by atoms with Crippen LogP contribution in [0.4, 0.5) is 11.4 Å². The van der Waals surface area contributed by atoms with Gasteiger partial charge in [-0.15, -0.1) is 0 Å². The van der Waals surface area contributed by atoms with E-state index in [0.29, 0.717) is 24.2 Å². The summed E-state index contributed by atoms with van der Waals surface area (Å²) in [5.41, 5.74) is 2.85. The normalized spacial score (nSPS) is 16.3. The number of hydrogen-bond donors (Lipinski definition) is 1. The van der Waals surface area contributed by atoms with Gasteiger partial charge in [0.1, 0.15) is 0 Å². The maximum atomic E-state index is 12.3. The minimum absolute atomic E-state index is 0.183. The zero-order chi connectivity index (χ0) is 16.4. The van der Waals surface area contributed by atoms with Gasteiger partial charge in [-0.05, 0) is 49.2 Å². The van der Waals surface area contributed by atoms with Crippen LogP contribution in [0.5, 0.6) is 0 Å². The minimum Gasteiger partial charge on any atom is -0.322 e. The van der Waals surface area contributed by atoms with Crippen LogP contribution in [0.15, 0.2) is 48.5 Å². The Morgan fingerprint density at radius 1 is 1.09 bits per heavy atom. The molecule has 0 aliphatic carbocycles. The van der Waals surface area contributed by atoms with Gasteiger partial charge in [0.2, 0.25) is 10.0 Å². The maximum absolute atomic E-state index is 12.3. The monoisotopic (exact) mass is 330 g/mol. The fourth-order valence-corrected chi connectivity index (χ4v) is 4.18. The predicted octanol–water partition coefficient (Wildman–Crippen LogP) is 2.79. The van der Waals surface area contributed by atoms with Crippen molar-refractivity contribution in [3.8, 4) is 0 Å². The van der Waals surface area contributed by atoms with Gasteiger partial charge in [0.25, 0.3) is 5.91 Å². The van der Waals surface area contributed by atoms with Crippen LogP contribution in [0.1, 0.15) is 22.3 Å². The van der Waals surface area contributed by atoms with Crippen LogP contribution in [0, 0.1) is 6.92 Å². The molecule has 1 N–H and O–H groups in total. The first-order valence-corrected chi connectivity index (χ1v) is 9.06. The van der Waals surface area contributed by atoms with Crippen LogP contribution in [0.25, 0.3) is 0 Å². The van der Waals surface area contributed by atoms with E-state index in [1.807, 2.05) is 31.2 Å². The molecule has 2 aromatic rings. The number of benzene rings is 2. The van der Waals surface area contributed by atoms with Crippen LogP contribution >= 0.6 is 0 Å². The summed E-state index contributed by atoms with van der Waals surface area (Å²) >= 11 is 0. The number of rotatable bonds is 3. The fourth-order valence-electron chi connectivity index (χ4n) is 2.62. The molecule has 0 saturated carbocycles. The molecule has 1 fully saturated rings. The van der Waals surface area contributed by atoms with E-state index in [9.17, 15) is 13.2 Å². The zero-order valence-electron chi connectivity index (χ0n) is 12.8. The molecule has 23 heavy (non-hydrogen) atoms. The maximum Gasteiger partial charge on any atom is 0.255 e. The molecule has 0 spiro atoms. The Morgan fingerprint density at radius 3 is 2.39 bits per heavy atom. The number of anilines is 2. The van der Waals surface area contributed by atoms with Crippen molar-refractivity contribution >= 4 is 27.3 Å². The van der Waals surface area contributed by atoms with E-state index in [4.69, 9.17) is 0 Å². The van der Waals surface area contributed by atoms with Gasteiger partial charge in [0.15, 0.2) is 0 Å². The Bertz CT molecular complexity index is 829. The molecule has 6 heteroatoms. The summed E-state index contributed by atoms with van der Waals surface area (Å²) in [6.45, 7) is 2.42. The average molecular weight is 330 g/mol. The van der Waals surface area contributed by atoms with Gasteiger partial charge in [-0.3, -0.25) is 9.10 Å². The number of carbonyl (C=O) groups is 1. The second-order valence-corrected chi connectivity index (χ2v) is 7.57. The van der Waals surface area contributed by atoms with E-state index in [1.165, 1.54) is 4.31 Å². The van der Waals surface area contributed by atoms with E-state index in [1.54, 1.807) is 24.3 Å². The molecule has 0 unspecified atom stereocenters. The fraction of sp³-hybridized carbons (Fsp3) is 0.235. The summed E-state index contributed by atoms with van der Waals surface area (Å²) < 4.78 is 25.2. The van der Waals surface area contributed by atoms with Gasteiger partial charge in [-0.25, -0.2) is 8.42 Å². The standard InChI is InChI=1S/C17H18N2O3S/c1-13-5-2-3-6-16(13)18-17(20)14-7-9-15(10-8-14)19-11-4-12-23(19,21)22/h2-3,5-10H,4,11-12H2,1H3,(H,18,20). The SMILES string of the molecule is Cc1ccccc1NC(=O)c1ccc(N2CCCS2(=O)=O)cc1. The van der Waals surface area contributed by atoms with Gasteiger partial charge in [0.05, 0.1) is 11.4 Å². The minimum atomic E-state index is -3.19. The molecular weight excluding hydrogens is 312 g/mol. The van der Waals surface area contributed by atoms with Crippen LogP contribution in [-0.4, -0.2) is 26.6 Å². The zero-order valence-corrected chi connectivity index (χ0v) is 13.6. The summed E-state index contributed by atoms with van der Waals surface area (Å²) in [5, 5.41) is 2.86. The third-order valence-corrected chi connectivity index (χ3v) is 5.78. The molecule has 1 saturated heterocycles. The van der Waals surface area contributed by atoms with E-state index in [2.05, 4.69) is 5.32 Å². The number of amides is 1. The van der Waals surface area contributed by atoms with Crippen LogP contribution in [-0.2, 0) is 10.0 Å². The molecule has 1 heterocycles. The molecule has 0 aromatic heterocycles. The lowest BCUT2D eigenvalue weighted by Crippen LogP contribution is -2.25. The van der Waals surface area contributed by atoms with Crippen molar-refractivity contribution in [2.45, 2.75) is 13.3 Å². The number of para-hydroxylation sites is 1. The smallest absolute Gasteiger partial charge is 0.255 e. The number of nitrogens with one attached hydrogen (secondary N) is 1. The summed E-state index contributed by atoms with van der Waals surface area (Å²) in [7, 11) is -3.19. The number of carbonyl (C=O) groups excluding carboxylic acids is 1. The molecule has 0 bridgehead atoms. The summed E-state index contributed by atoms with van der Waals surface area (Å²) in [6.07, 6.45) is 0.637. The molecule has 5 nitrogen and oxygen atoms in total. The quantitative estimate of drug-likeness (QED) is 0.941. The summed E-state index contributed by atoms with van der Waals surface area (Å²) in [4.78, 5) is 12.3. The van der Waals surface area contributed by atoms with Crippen LogP contribution in [0.2, 0.25) is 0 Å². The predicted molar refractivity (Wildman–Crippen MR) is 91.3 cm³/mol. The Labute approximate surface area is 136 Å². The van der Waals surface area contributed by atoms with Crippen molar-refractivity contribution < 1.29 is 13.2 Å². The third kappa shape index (κ3) is 3.22. The number of hydrogen-bond acceptors (Lipinski definition) is 3. The van der Waals surface area contributed by atoms with Crippen LogP contribution < -0.4 is 9.62 Å². The lowest BCUT2D eigenvalue weighted by Gasteiger charge is -2.17. The highest BCUT2D eigenvalue weighted by molar-refractivity contribution is 7.93. The third-order valence-electron chi connectivity index (χ3n) is 3.91. The van der Waals surface area contributed by atoms with E-state index >= 15 is 0 Å². The molecule has 2 aromatic carbocycles. The highest BCUT2D eigenvalue weighted by atomic mass is 32.2. The van der Waals surface area contributed by atoms with Crippen molar-refractivity contribution in [3.05, 3.63) is 59.7 Å². The highest BCUT2D eigenvalue weighted by Crippen LogP contribution is 2.24. The van der Waals surface area contributed by atoms with Gasteiger partial charge in [0, 0.05) is 17.8 Å². The number of nitrogens with zero attached hydrogens (tertiary/aromatic N) is 1. The van der Waals surface area contributed by atoms with Gasteiger partial charge >= 0.3 is 0 Å². The number of aryl methyl sites for hydroxylation is 1. The van der Waals surface area contributed by atoms with Gasteiger partial charge in [-0.2, -0.15) is 0 Å². The van der Waals surface area contributed by atoms with Crippen molar-refractivity contribution in [2.75, 3.05) is 21.9 Å². The molecule has 0 radical (unpaired) electrons. The molecule has 120 valence electrons. The second-order valence-electron chi connectivity index (χ2n) is 5.56. The summed E-state index contributed by atoms with van der Waals surface area (Å²) in [5.74, 6) is -0.0298. The Balaban J connectivity index is 1.77. The molecule has 1 aliphatic rings. The molecule has 0 atom stereocenters. The lowest BCUT2D eigenvalue weighted by molar-refractivity contribution is 0.102. The second kappa shape index (κ2) is 6.04. The van der Waals surface area contributed by atoms with Crippen LogP contribution in [0.3, 0.4) is 0 Å². The van der Waals surface area contributed by atoms with Crippen molar-refractivity contribution in [1.29, 1.82) is 0 Å². The van der Waals surface area contributed by atoms with Crippen molar-refractivity contribution in [1.82, 2.24) is 0 Å². The largest absolute Gasteiger partial charge is 0.322 e. The number of sulfonamides is 1. The van der Waals surface area contributed by atoms with Gasteiger partial charge in [-0.1, -0.05) is 18.2 Å². The highest BCUT2D eigenvalue weighted by Gasteiger charge is 2.28. The molecule has 3 rings (SSSR count). The van der Waals surface area contributed by atoms with Crippen molar-refractivity contribution in [3.63, 3.8) is 0 Å². The molecule has 1 amide bonds. The van der Waals surface area contributed by atoms with E-state index in [0.717, 1.165) is 11.3 Å². The first kappa shape index (κ1) is 15.6. The van der Waals surface area contributed by atoms with E-state index < -0.39 is 10.0 Å². The topological polar surface area (TPSA) is 66.5 Å². The summed E-state index contributed by atoms with van der Waals surface area (Å²) in [6, 6.07) is 14.2. The lowest BCUT2D eigenvalue weighted by atomic mass is 10.1. The molecule has 1 aliphatic heterocycles. The average Bonchev–Trinajstić information content (AvgIpc) is 2.89. The Hall–Kier alpha value is -2.34. The Morgan fingerprint density at radius 2 is 1.78 bits per heavy atom. The van der Waals surface area contributed by atoms with E-state index in [-0.39, 0.29) is 11.7 Å². The van der Waals surface area contributed by atoms with Crippen molar-refractivity contribution in [2.24, 2.45) is 0 Å². The molecular formula is C17H18N2O3S. The first-order valence-electron chi connectivity index (χ1n) is 7.45. The van der Waals surface area contributed by atoms with Gasteiger partial charge < -0.3 is 5.32 Å². The Kier molecular flexibility index (Phi) is 4.09. The first-order chi connectivity index (χ1) is 11.0.